The molecule has 0 aromatic heterocycles. The zero-order chi connectivity index (χ0) is 12.5. The maximum absolute atomic E-state index is 11.8. The molecule has 94 valence electrons. The maximum Gasteiger partial charge on any atom is 0.309 e. The van der Waals surface area contributed by atoms with Crippen molar-refractivity contribution >= 4 is 11.8 Å². The second-order valence-electron chi connectivity index (χ2n) is 5.12. The number of carbonyl (C=O) groups excluding carboxylic acids is 2. The highest BCUT2D eigenvalue weighted by Gasteiger charge is 2.62. The summed E-state index contributed by atoms with van der Waals surface area (Å²) >= 11 is 0. The Morgan fingerprint density at radius 3 is 2.72 bits per heavy atom. The van der Waals surface area contributed by atoms with E-state index in [1.807, 2.05) is 30.3 Å². The van der Waals surface area contributed by atoms with Crippen LogP contribution in [0, 0.1) is 17.8 Å². The van der Waals surface area contributed by atoms with Gasteiger partial charge in [0.25, 0.3) is 0 Å². The molecule has 3 unspecified atom stereocenters. The van der Waals surface area contributed by atoms with Gasteiger partial charge in [0.1, 0.15) is 5.78 Å². The van der Waals surface area contributed by atoms with Crippen LogP contribution in [0.15, 0.2) is 30.3 Å². The van der Waals surface area contributed by atoms with Crippen molar-refractivity contribution in [1.29, 1.82) is 0 Å². The smallest absolute Gasteiger partial charge is 0.309 e. The fraction of sp³-hybridized carbons (Fsp3) is 0.467. The summed E-state index contributed by atoms with van der Waals surface area (Å²) < 4.78 is 5.26. The topological polar surface area (TPSA) is 43.4 Å². The second kappa shape index (κ2) is 4.56. The van der Waals surface area contributed by atoms with E-state index in [2.05, 4.69) is 0 Å². The van der Waals surface area contributed by atoms with Gasteiger partial charge in [0.15, 0.2) is 0 Å². The van der Waals surface area contributed by atoms with Gasteiger partial charge in [-0.05, 0) is 17.9 Å². The number of Topliss-reactive ketones (excluding diaryl/α,β-unsaturated/α-hetero) is 1. The summed E-state index contributed by atoms with van der Waals surface area (Å²) in [6.45, 7) is 0.410. The van der Waals surface area contributed by atoms with Gasteiger partial charge in [0.05, 0.1) is 12.5 Å². The first-order chi connectivity index (χ1) is 8.77. The van der Waals surface area contributed by atoms with E-state index < -0.39 is 0 Å². The Bertz CT molecular complexity index is 466. The van der Waals surface area contributed by atoms with Crippen LogP contribution in [-0.4, -0.2) is 18.4 Å². The number of fused-ring (bicyclic) bond motifs is 1. The Balaban J connectivity index is 1.45. The zero-order valence-corrected chi connectivity index (χ0v) is 10.2. The summed E-state index contributed by atoms with van der Waals surface area (Å²) in [5.41, 5.74) is 1.16. The SMILES string of the molecule is O=C1CCC2C1C2C(=O)OCCc1ccccc1. The lowest BCUT2D eigenvalue weighted by molar-refractivity contribution is -0.146. The molecule has 0 spiro atoms. The third-order valence-electron chi connectivity index (χ3n) is 4.01. The molecule has 0 heterocycles. The number of hydrogen-bond acceptors (Lipinski definition) is 3. The highest BCUT2D eigenvalue weighted by molar-refractivity contribution is 5.94. The summed E-state index contributed by atoms with van der Waals surface area (Å²) in [7, 11) is 0. The van der Waals surface area contributed by atoms with E-state index in [0.717, 1.165) is 18.4 Å². The Kier molecular flexibility index (Phi) is 2.90. The largest absolute Gasteiger partial charge is 0.465 e. The molecule has 0 aliphatic heterocycles. The Hall–Kier alpha value is -1.64. The van der Waals surface area contributed by atoms with E-state index in [4.69, 9.17) is 4.74 Å². The van der Waals surface area contributed by atoms with Crippen LogP contribution in [0.1, 0.15) is 18.4 Å². The minimum atomic E-state index is -0.172. The van der Waals surface area contributed by atoms with E-state index in [1.165, 1.54) is 0 Å². The summed E-state index contributed by atoms with van der Waals surface area (Å²) in [4.78, 5) is 23.2. The van der Waals surface area contributed by atoms with E-state index in [1.54, 1.807) is 0 Å². The minimum absolute atomic E-state index is 0.00535. The molecular formula is C15H16O3. The molecule has 0 N–H and O–H groups in total. The predicted molar refractivity (Wildman–Crippen MR) is 65.8 cm³/mol. The molecule has 2 saturated carbocycles. The normalized spacial score (nSPS) is 28.9. The lowest BCUT2D eigenvalue weighted by atomic mass is 10.1. The quantitative estimate of drug-likeness (QED) is 0.761. The first-order valence-electron chi connectivity index (χ1n) is 6.50. The molecule has 1 aromatic carbocycles. The number of rotatable bonds is 4. The van der Waals surface area contributed by atoms with Crippen LogP contribution in [0.3, 0.4) is 0 Å². The third-order valence-corrected chi connectivity index (χ3v) is 4.01. The van der Waals surface area contributed by atoms with Crippen molar-refractivity contribution in [3.05, 3.63) is 35.9 Å². The summed E-state index contributed by atoms with van der Waals surface area (Å²) in [5.74, 6) is 0.247. The molecule has 2 fully saturated rings. The first kappa shape index (κ1) is 11.5. The van der Waals surface area contributed by atoms with Crippen LogP contribution in [0.5, 0.6) is 0 Å². The molecule has 0 bridgehead atoms. The molecule has 3 rings (SSSR count). The van der Waals surface area contributed by atoms with E-state index in [0.29, 0.717) is 18.9 Å². The summed E-state index contributed by atoms with van der Waals surface area (Å²) in [6.07, 6.45) is 2.27. The average Bonchev–Trinajstić information content (AvgIpc) is 3.01. The van der Waals surface area contributed by atoms with E-state index in [9.17, 15) is 9.59 Å². The maximum atomic E-state index is 11.8. The predicted octanol–water partition coefficient (Wildman–Crippen LogP) is 2.00. The van der Waals surface area contributed by atoms with Crippen molar-refractivity contribution in [2.45, 2.75) is 19.3 Å². The van der Waals surface area contributed by atoms with Gasteiger partial charge in [-0.15, -0.1) is 0 Å². The van der Waals surface area contributed by atoms with Crippen LogP contribution in [0.2, 0.25) is 0 Å². The number of esters is 1. The lowest BCUT2D eigenvalue weighted by Gasteiger charge is -2.05. The molecule has 3 atom stereocenters. The Morgan fingerprint density at radius 2 is 2.06 bits per heavy atom. The molecule has 2 aliphatic rings. The first-order valence-corrected chi connectivity index (χ1v) is 6.50. The molecule has 1 aromatic rings. The molecule has 2 aliphatic carbocycles. The highest BCUT2D eigenvalue weighted by Crippen LogP contribution is 2.55. The van der Waals surface area contributed by atoms with Crippen molar-refractivity contribution in [2.24, 2.45) is 17.8 Å². The number of carbonyl (C=O) groups is 2. The average molecular weight is 244 g/mol. The molecule has 3 heteroatoms. The van der Waals surface area contributed by atoms with Crippen LogP contribution < -0.4 is 0 Å². The van der Waals surface area contributed by atoms with Crippen molar-refractivity contribution in [1.82, 2.24) is 0 Å². The molecule has 0 amide bonds. The van der Waals surface area contributed by atoms with Crippen LogP contribution in [-0.2, 0) is 20.7 Å². The molecule has 3 nitrogen and oxygen atoms in total. The van der Waals surface area contributed by atoms with Gasteiger partial charge in [-0.2, -0.15) is 0 Å². The Labute approximate surface area is 106 Å². The van der Waals surface area contributed by atoms with Crippen LogP contribution in [0.25, 0.3) is 0 Å². The van der Waals surface area contributed by atoms with Gasteiger partial charge in [0, 0.05) is 18.8 Å². The highest BCUT2D eigenvalue weighted by atomic mass is 16.5. The summed E-state index contributed by atoms with van der Waals surface area (Å²) in [5, 5.41) is 0. The minimum Gasteiger partial charge on any atom is -0.465 e. The van der Waals surface area contributed by atoms with Crippen LogP contribution in [0.4, 0.5) is 0 Å². The number of hydrogen-bond donors (Lipinski definition) is 0. The van der Waals surface area contributed by atoms with Crippen LogP contribution >= 0.6 is 0 Å². The molecule has 18 heavy (non-hydrogen) atoms. The fourth-order valence-electron chi connectivity index (χ4n) is 2.98. The molecule has 0 radical (unpaired) electrons. The van der Waals surface area contributed by atoms with Gasteiger partial charge in [-0.3, -0.25) is 9.59 Å². The molecular weight excluding hydrogens is 228 g/mol. The zero-order valence-electron chi connectivity index (χ0n) is 10.2. The van der Waals surface area contributed by atoms with E-state index in [-0.39, 0.29) is 23.6 Å². The monoisotopic (exact) mass is 244 g/mol. The Morgan fingerprint density at radius 1 is 1.28 bits per heavy atom. The fourth-order valence-corrected chi connectivity index (χ4v) is 2.98. The van der Waals surface area contributed by atoms with E-state index >= 15 is 0 Å². The van der Waals surface area contributed by atoms with Crippen molar-refractivity contribution < 1.29 is 14.3 Å². The van der Waals surface area contributed by atoms with Gasteiger partial charge in [0.2, 0.25) is 0 Å². The standard InChI is InChI=1S/C15H16O3/c16-12-7-6-11-13(12)14(11)15(17)18-9-8-10-4-2-1-3-5-10/h1-5,11,13-14H,6-9H2. The van der Waals surface area contributed by atoms with Crippen molar-refractivity contribution in [3.63, 3.8) is 0 Å². The summed E-state index contributed by atoms with van der Waals surface area (Å²) in [6, 6.07) is 9.95. The van der Waals surface area contributed by atoms with Gasteiger partial charge < -0.3 is 4.74 Å². The number of benzene rings is 1. The number of ketones is 1. The molecule has 0 saturated heterocycles. The number of ether oxygens (including phenoxy) is 1. The second-order valence-corrected chi connectivity index (χ2v) is 5.12. The van der Waals surface area contributed by atoms with Gasteiger partial charge in [-0.25, -0.2) is 0 Å². The van der Waals surface area contributed by atoms with Crippen molar-refractivity contribution in [3.8, 4) is 0 Å². The lowest BCUT2D eigenvalue weighted by Crippen LogP contribution is -2.14. The third kappa shape index (κ3) is 2.05. The van der Waals surface area contributed by atoms with Gasteiger partial charge >= 0.3 is 5.97 Å². The van der Waals surface area contributed by atoms with Crippen molar-refractivity contribution in [2.75, 3.05) is 6.61 Å². The van der Waals surface area contributed by atoms with Gasteiger partial charge in [-0.1, -0.05) is 30.3 Å².